The largest absolute Gasteiger partial charge is 0.495 e. The molecule has 0 bridgehead atoms. The fourth-order valence-electron chi connectivity index (χ4n) is 3.33. The van der Waals surface area contributed by atoms with Crippen LogP contribution in [0.5, 0.6) is 5.75 Å². The Hall–Kier alpha value is -3.89. The third-order valence-corrected chi connectivity index (χ3v) is 6.63. The number of para-hydroxylation sites is 3. The Morgan fingerprint density at radius 1 is 1.09 bits per heavy atom. The molecule has 0 aliphatic heterocycles. The number of benzene rings is 3. The molecule has 0 radical (unpaired) electrons. The summed E-state index contributed by atoms with van der Waals surface area (Å²) in [5, 5.41) is 2.85. The van der Waals surface area contributed by atoms with Crippen LogP contribution in [0.3, 0.4) is 0 Å². The summed E-state index contributed by atoms with van der Waals surface area (Å²) < 4.78 is 35.0. The molecule has 0 aliphatic rings. The molecular weight excluding hydrogens is 480 g/mol. The Morgan fingerprint density at radius 2 is 1.82 bits per heavy atom. The van der Waals surface area contributed by atoms with Crippen molar-refractivity contribution in [1.82, 2.24) is 9.55 Å². The molecule has 0 spiro atoms. The highest BCUT2D eigenvalue weighted by atomic mass is 35.5. The normalized spacial score (nSPS) is 11.2. The van der Waals surface area contributed by atoms with Crippen molar-refractivity contribution < 1.29 is 17.9 Å². The van der Waals surface area contributed by atoms with Gasteiger partial charge in [0.25, 0.3) is 15.6 Å². The highest BCUT2D eigenvalue weighted by molar-refractivity contribution is 7.92. The standard InChI is InChI=1S/C23H19ClN4O5S/c1-33-20-11-10-15(12-21(20)34(31,32)27-17-7-3-2-6-16(17)24)26-22(29)14-28-19-9-5-4-8-18(19)25-13-23(28)30/h2-13,27H,14H2,1H3,(H,26,29). The number of aromatic nitrogens is 2. The van der Waals surface area contributed by atoms with E-state index in [4.69, 9.17) is 16.3 Å². The van der Waals surface area contributed by atoms with Gasteiger partial charge in [0.05, 0.1) is 35.1 Å². The second-order valence-electron chi connectivity index (χ2n) is 7.17. The Kier molecular flexibility index (Phi) is 6.53. The van der Waals surface area contributed by atoms with Crippen molar-refractivity contribution in [3.63, 3.8) is 0 Å². The number of methoxy groups -OCH3 is 1. The number of anilines is 2. The van der Waals surface area contributed by atoms with Gasteiger partial charge in [-0.15, -0.1) is 0 Å². The number of carbonyl (C=O) groups excluding carboxylic acids is 1. The fraction of sp³-hybridized carbons (Fsp3) is 0.0870. The number of halogens is 1. The molecule has 0 saturated heterocycles. The van der Waals surface area contributed by atoms with Crippen molar-refractivity contribution >= 4 is 49.9 Å². The molecule has 0 fully saturated rings. The van der Waals surface area contributed by atoms with E-state index in [0.717, 1.165) is 6.20 Å². The quantitative estimate of drug-likeness (QED) is 0.402. The summed E-state index contributed by atoms with van der Waals surface area (Å²) in [5.74, 6) is -0.445. The van der Waals surface area contributed by atoms with Gasteiger partial charge in [0.1, 0.15) is 17.2 Å². The lowest BCUT2D eigenvalue weighted by Crippen LogP contribution is -2.28. The van der Waals surface area contributed by atoms with Crippen LogP contribution in [0.2, 0.25) is 5.02 Å². The monoisotopic (exact) mass is 498 g/mol. The van der Waals surface area contributed by atoms with Crippen molar-refractivity contribution in [3.8, 4) is 5.75 Å². The van der Waals surface area contributed by atoms with E-state index < -0.39 is 21.5 Å². The summed E-state index contributed by atoms with van der Waals surface area (Å²) in [7, 11) is -2.77. The van der Waals surface area contributed by atoms with Crippen LogP contribution in [0, 0.1) is 0 Å². The minimum absolute atomic E-state index is 0.0777. The smallest absolute Gasteiger partial charge is 0.269 e. The first-order chi connectivity index (χ1) is 16.3. The molecule has 0 aliphatic carbocycles. The first kappa shape index (κ1) is 23.3. The van der Waals surface area contributed by atoms with E-state index in [1.165, 1.54) is 35.9 Å². The zero-order chi connectivity index (χ0) is 24.3. The zero-order valence-corrected chi connectivity index (χ0v) is 19.4. The van der Waals surface area contributed by atoms with Gasteiger partial charge in [0.2, 0.25) is 5.91 Å². The summed E-state index contributed by atoms with van der Waals surface area (Å²) >= 11 is 6.08. The fourth-order valence-corrected chi connectivity index (χ4v) is 4.84. The van der Waals surface area contributed by atoms with Gasteiger partial charge >= 0.3 is 0 Å². The van der Waals surface area contributed by atoms with Gasteiger partial charge in [-0.1, -0.05) is 35.9 Å². The molecule has 1 heterocycles. The van der Waals surface area contributed by atoms with E-state index in [1.54, 1.807) is 42.5 Å². The number of hydrogen-bond donors (Lipinski definition) is 2. The number of amides is 1. The zero-order valence-electron chi connectivity index (χ0n) is 17.9. The third kappa shape index (κ3) is 4.87. The molecule has 0 atom stereocenters. The second kappa shape index (κ2) is 9.54. The lowest BCUT2D eigenvalue weighted by molar-refractivity contribution is -0.116. The number of nitrogens with one attached hydrogen (secondary N) is 2. The van der Waals surface area contributed by atoms with Crippen molar-refractivity contribution in [2.75, 3.05) is 17.1 Å². The summed E-state index contributed by atoms with van der Waals surface area (Å²) in [6.07, 6.45) is 1.15. The number of ether oxygens (including phenoxy) is 1. The van der Waals surface area contributed by atoms with Gasteiger partial charge in [0.15, 0.2) is 0 Å². The SMILES string of the molecule is COc1ccc(NC(=O)Cn2c(=O)cnc3ccccc32)cc1S(=O)(=O)Nc1ccccc1Cl. The minimum atomic E-state index is -4.11. The van der Waals surface area contributed by atoms with Crippen molar-refractivity contribution in [1.29, 1.82) is 0 Å². The first-order valence-electron chi connectivity index (χ1n) is 9.98. The van der Waals surface area contributed by atoms with Crippen molar-refractivity contribution in [2.45, 2.75) is 11.4 Å². The molecule has 174 valence electrons. The van der Waals surface area contributed by atoms with E-state index in [0.29, 0.717) is 11.0 Å². The average Bonchev–Trinajstić information content (AvgIpc) is 2.82. The Balaban J connectivity index is 1.61. The number of hydrogen-bond acceptors (Lipinski definition) is 6. The third-order valence-electron chi connectivity index (χ3n) is 4.91. The summed E-state index contributed by atoms with van der Waals surface area (Å²) in [6.45, 7) is -0.284. The number of sulfonamides is 1. The maximum absolute atomic E-state index is 13.0. The van der Waals surface area contributed by atoms with E-state index in [1.807, 2.05) is 0 Å². The lowest BCUT2D eigenvalue weighted by Gasteiger charge is -2.15. The number of nitrogens with zero attached hydrogens (tertiary/aromatic N) is 2. The summed E-state index contributed by atoms with van der Waals surface area (Å²) in [6, 6.07) is 17.5. The molecule has 9 nitrogen and oxygen atoms in total. The Bertz CT molecular complexity index is 1550. The van der Waals surface area contributed by atoms with Crippen LogP contribution in [-0.2, 0) is 21.4 Å². The highest BCUT2D eigenvalue weighted by Gasteiger charge is 2.22. The minimum Gasteiger partial charge on any atom is -0.495 e. The molecule has 3 aromatic carbocycles. The first-order valence-corrected chi connectivity index (χ1v) is 11.8. The van der Waals surface area contributed by atoms with Crippen LogP contribution in [0.4, 0.5) is 11.4 Å². The van der Waals surface area contributed by atoms with Crippen LogP contribution in [0.25, 0.3) is 11.0 Å². The molecule has 1 aromatic heterocycles. The Morgan fingerprint density at radius 3 is 2.59 bits per heavy atom. The summed E-state index contributed by atoms with van der Waals surface area (Å²) in [4.78, 5) is 28.9. The van der Waals surface area contributed by atoms with Gasteiger partial charge in [-0.05, 0) is 42.5 Å². The van der Waals surface area contributed by atoms with Crippen LogP contribution in [-0.4, -0.2) is 31.0 Å². The molecule has 0 unspecified atom stereocenters. The van der Waals surface area contributed by atoms with Gasteiger partial charge in [-0.2, -0.15) is 0 Å². The maximum atomic E-state index is 13.0. The molecular formula is C23H19ClN4O5S. The van der Waals surface area contributed by atoms with Crippen LogP contribution in [0.15, 0.2) is 82.6 Å². The molecule has 2 N–H and O–H groups in total. The topological polar surface area (TPSA) is 119 Å². The predicted octanol–water partition coefficient (Wildman–Crippen LogP) is 3.50. The van der Waals surface area contributed by atoms with Gasteiger partial charge in [-0.25, -0.2) is 13.4 Å². The van der Waals surface area contributed by atoms with Crippen LogP contribution < -0.4 is 20.3 Å². The van der Waals surface area contributed by atoms with Crippen LogP contribution >= 0.6 is 11.6 Å². The molecule has 4 rings (SSSR count). The maximum Gasteiger partial charge on any atom is 0.269 e. The molecule has 11 heteroatoms. The van der Waals surface area contributed by atoms with Crippen LogP contribution in [0.1, 0.15) is 0 Å². The van der Waals surface area contributed by atoms with Crippen molar-refractivity contribution in [3.05, 3.63) is 88.3 Å². The lowest BCUT2D eigenvalue weighted by atomic mass is 10.3. The van der Waals surface area contributed by atoms with Gasteiger partial charge in [-0.3, -0.25) is 18.9 Å². The number of fused-ring (bicyclic) bond motifs is 1. The average molecular weight is 499 g/mol. The molecule has 4 aromatic rings. The van der Waals surface area contributed by atoms with E-state index >= 15 is 0 Å². The molecule has 1 amide bonds. The number of rotatable bonds is 7. The van der Waals surface area contributed by atoms with Crippen molar-refractivity contribution in [2.24, 2.45) is 0 Å². The van der Waals surface area contributed by atoms with E-state index in [2.05, 4.69) is 15.0 Å². The van der Waals surface area contributed by atoms with Gasteiger partial charge < -0.3 is 10.1 Å². The molecule has 34 heavy (non-hydrogen) atoms. The number of carbonyl (C=O) groups is 1. The Labute approximate surface area is 200 Å². The summed E-state index contributed by atoms with van der Waals surface area (Å²) in [5.41, 5.74) is 1.04. The van der Waals surface area contributed by atoms with E-state index in [-0.39, 0.29) is 33.6 Å². The molecule has 0 saturated carbocycles. The predicted molar refractivity (Wildman–Crippen MR) is 130 cm³/mol. The van der Waals surface area contributed by atoms with E-state index in [9.17, 15) is 18.0 Å². The highest BCUT2D eigenvalue weighted by Crippen LogP contribution is 2.30. The van der Waals surface area contributed by atoms with Gasteiger partial charge in [0, 0.05) is 5.69 Å². The second-order valence-corrected chi connectivity index (χ2v) is 9.23.